The van der Waals surface area contributed by atoms with Crippen molar-refractivity contribution in [1.82, 2.24) is 9.88 Å². The van der Waals surface area contributed by atoms with Crippen LogP contribution in [0.2, 0.25) is 0 Å². The molecule has 0 bridgehead atoms. The van der Waals surface area contributed by atoms with Gasteiger partial charge in [0.25, 0.3) is 0 Å². The number of amidine groups is 1. The Labute approximate surface area is 111 Å². The van der Waals surface area contributed by atoms with Crippen molar-refractivity contribution in [3.05, 3.63) is 11.5 Å². The average molecular weight is 290 g/mol. The maximum atomic E-state index is 12.3. The van der Waals surface area contributed by atoms with Gasteiger partial charge in [-0.05, 0) is 19.8 Å². The number of oxime groups is 1. The van der Waals surface area contributed by atoms with Gasteiger partial charge in [0.1, 0.15) is 10.6 Å². The van der Waals surface area contributed by atoms with E-state index in [-0.39, 0.29) is 28.1 Å². The Balaban J connectivity index is 3.16. The highest BCUT2D eigenvalue weighted by atomic mass is 32.2. The third kappa shape index (κ3) is 3.24. The van der Waals surface area contributed by atoms with Gasteiger partial charge in [-0.15, -0.1) is 0 Å². The SMILES string of the molecule is Cc1noc(C)c1S(=O)(=O)NC(C(N)=NO)C(C)C. The first-order chi connectivity index (χ1) is 8.70. The van der Waals surface area contributed by atoms with E-state index in [0.717, 1.165) is 0 Å². The number of aromatic nitrogens is 1. The van der Waals surface area contributed by atoms with Crippen molar-refractivity contribution >= 4 is 15.9 Å². The summed E-state index contributed by atoms with van der Waals surface area (Å²) in [4.78, 5) is -0.0242. The van der Waals surface area contributed by atoms with E-state index in [0.29, 0.717) is 0 Å². The molecule has 4 N–H and O–H groups in total. The molecule has 19 heavy (non-hydrogen) atoms. The van der Waals surface area contributed by atoms with Crippen LogP contribution in [-0.2, 0) is 10.0 Å². The smallest absolute Gasteiger partial charge is 0.246 e. The van der Waals surface area contributed by atoms with E-state index in [9.17, 15) is 8.42 Å². The Morgan fingerprint density at radius 2 is 2.05 bits per heavy atom. The summed E-state index contributed by atoms with van der Waals surface area (Å²) in [5.41, 5.74) is 5.75. The van der Waals surface area contributed by atoms with Gasteiger partial charge in [-0.25, -0.2) is 8.42 Å². The maximum absolute atomic E-state index is 12.3. The third-order valence-electron chi connectivity index (χ3n) is 2.62. The summed E-state index contributed by atoms with van der Waals surface area (Å²) in [6.45, 7) is 6.53. The van der Waals surface area contributed by atoms with Crippen LogP contribution in [0.1, 0.15) is 25.3 Å². The first-order valence-electron chi connectivity index (χ1n) is 5.63. The maximum Gasteiger partial charge on any atom is 0.246 e. The number of nitrogens with one attached hydrogen (secondary N) is 1. The first-order valence-corrected chi connectivity index (χ1v) is 7.11. The summed E-state index contributed by atoms with van der Waals surface area (Å²) in [6, 6.07) is -0.816. The van der Waals surface area contributed by atoms with Crippen molar-refractivity contribution in [3.8, 4) is 0 Å². The minimum absolute atomic E-state index is 0.0242. The lowest BCUT2D eigenvalue weighted by atomic mass is 10.1. The highest BCUT2D eigenvalue weighted by Crippen LogP contribution is 2.19. The molecule has 0 spiro atoms. The normalized spacial score (nSPS) is 14.9. The Bertz CT molecular complexity index is 557. The number of sulfonamides is 1. The molecule has 0 saturated carbocycles. The van der Waals surface area contributed by atoms with E-state index in [1.165, 1.54) is 13.8 Å². The summed E-state index contributed by atoms with van der Waals surface area (Å²) in [5, 5.41) is 15.1. The van der Waals surface area contributed by atoms with Gasteiger partial charge in [0.2, 0.25) is 10.0 Å². The molecule has 0 aliphatic rings. The van der Waals surface area contributed by atoms with Crippen LogP contribution in [0.3, 0.4) is 0 Å². The van der Waals surface area contributed by atoms with Crippen LogP contribution in [0.25, 0.3) is 0 Å². The molecular formula is C10H18N4O4S. The van der Waals surface area contributed by atoms with E-state index in [1.807, 2.05) is 0 Å². The van der Waals surface area contributed by atoms with Gasteiger partial charge in [0, 0.05) is 0 Å². The molecule has 0 saturated heterocycles. The molecule has 1 atom stereocenters. The average Bonchev–Trinajstić information content (AvgIpc) is 2.65. The monoisotopic (exact) mass is 290 g/mol. The number of rotatable bonds is 5. The van der Waals surface area contributed by atoms with Crippen LogP contribution >= 0.6 is 0 Å². The summed E-state index contributed by atoms with van der Waals surface area (Å²) in [5.74, 6) is -0.205. The first kappa shape index (κ1) is 15.4. The molecule has 108 valence electrons. The Morgan fingerprint density at radius 1 is 1.47 bits per heavy atom. The van der Waals surface area contributed by atoms with Crippen LogP contribution in [-0.4, -0.2) is 30.7 Å². The van der Waals surface area contributed by atoms with Gasteiger partial charge in [0.05, 0.1) is 6.04 Å². The number of hydrogen-bond donors (Lipinski definition) is 3. The standard InChI is InChI=1S/C10H18N4O4S/c1-5(2)8(10(11)12-15)14-19(16,17)9-6(3)13-18-7(9)4/h5,8,14-15H,1-4H3,(H2,11,12). The Kier molecular flexibility index (Phi) is 4.53. The predicted octanol–water partition coefficient (Wildman–Crippen LogP) is 0.341. The minimum atomic E-state index is -3.86. The Morgan fingerprint density at radius 3 is 2.42 bits per heavy atom. The molecule has 0 amide bonds. The van der Waals surface area contributed by atoms with Crippen molar-refractivity contribution in [2.75, 3.05) is 0 Å². The van der Waals surface area contributed by atoms with Gasteiger partial charge in [-0.2, -0.15) is 4.72 Å². The molecule has 8 nitrogen and oxygen atoms in total. The summed E-state index contributed by atoms with van der Waals surface area (Å²) >= 11 is 0. The largest absolute Gasteiger partial charge is 0.409 e. The van der Waals surface area contributed by atoms with Gasteiger partial charge in [-0.1, -0.05) is 24.2 Å². The summed E-state index contributed by atoms with van der Waals surface area (Å²) in [6.07, 6.45) is 0. The molecule has 1 aromatic heterocycles. The number of hydrogen-bond acceptors (Lipinski definition) is 6. The highest BCUT2D eigenvalue weighted by Gasteiger charge is 2.30. The van der Waals surface area contributed by atoms with Gasteiger partial charge >= 0.3 is 0 Å². The fourth-order valence-electron chi connectivity index (χ4n) is 1.68. The lowest BCUT2D eigenvalue weighted by molar-refractivity contribution is 0.313. The van der Waals surface area contributed by atoms with Crippen LogP contribution in [0, 0.1) is 19.8 Å². The van der Waals surface area contributed by atoms with Crippen LogP contribution < -0.4 is 10.5 Å². The zero-order chi connectivity index (χ0) is 14.8. The molecule has 0 fully saturated rings. The fraction of sp³-hybridized carbons (Fsp3) is 0.600. The molecule has 1 aromatic rings. The second kappa shape index (κ2) is 5.57. The van der Waals surface area contributed by atoms with Crippen molar-refractivity contribution in [1.29, 1.82) is 0 Å². The van der Waals surface area contributed by atoms with E-state index in [2.05, 4.69) is 15.0 Å². The molecule has 1 rings (SSSR count). The van der Waals surface area contributed by atoms with E-state index < -0.39 is 16.1 Å². The zero-order valence-electron chi connectivity index (χ0n) is 11.2. The molecule has 1 heterocycles. The molecule has 9 heteroatoms. The minimum Gasteiger partial charge on any atom is -0.409 e. The molecule has 0 aliphatic heterocycles. The lowest BCUT2D eigenvalue weighted by Crippen LogP contribution is -2.47. The van der Waals surface area contributed by atoms with Crippen LogP contribution in [0.15, 0.2) is 14.6 Å². The van der Waals surface area contributed by atoms with E-state index >= 15 is 0 Å². The fourth-order valence-corrected chi connectivity index (χ4v) is 3.37. The Hall–Kier alpha value is -1.61. The van der Waals surface area contributed by atoms with Crippen LogP contribution in [0.4, 0.5) is 0 Å². The van der Waals surface area contributed by atoms with Gasteiger partial charge < -0.3 is 15.5 Å². The second-order valence-corrected chi connectivity index (χ2v) is 6.17. The van der Waals surface area contributed by atoms with Crippen molar-refractivity contribution in [3.63, 3.8) is 0 Å². The molecule has 0 radical (unpaired) electrons. The predicted molar refractivity (Wildman–Crippen MR) is 68.3 cm³/mol. The molecule has 0 aromatic carbocycles. The van der Waals surface area contributed by atoms with Gasteiger partial charge in [0.15, 0.2) is 11.6 Å². The molecule has 0 aliphatic carbocycles. The second-order valence-electron chi connectivity index (χ2n) is 4.52. The quantitative estimate of drug-likeness (QED) is 0.310. The number of aryl methyl sites for hydroxylation is 2. The molecule has 1 unspecified atom stereocenters. The topological polar surface area (TPSA) is 131 Å². The van der Waals surface area contributed by atoms with Crippen molar-refractivity contribution < 1.29 is 18.1 Å². The van der Waals surface area contributed by atoms with Crippen molar-refractivity contribution in [2.24, 2.45) is 16.8 Å². The van der Waals surface area contributed by atoms with Crippen molar-refractivity contribution in [2.45, 2.75) is 38.6 Å². The lowest BCUT2D eigenvalue weighted by Gasteiger charge is -2.20. The third-order valence-corrected chi connectivity index (χ3v) is 4.30. The molecular weight excluding hydrogens is 272 g/mol. The highest BCUT2D eigenvalue weighted by molar-refractivity contribution is 7.89. The number of nitrogens with two attached hydrogens (primary N) is 1. The summed E-state index contributed by atoms with van der Waals surface area (Å²) in [7, 11) is -3.86. The van der Waals surface area contributed by atoms with E-state index in [4.69, 9.17) is 15.5 Å². The zero-order valence-corrected chi connectivity index (χ0v) is 12.0. The summed E-state index contributed by atoms with van der Waals surface area (Å²) < 4.78 is 31.7. The number of nitrogens with zero attached hydrogens (tertiary/aromatic N) is 2. The van der Waals surface area contributed by atoms with Crippen LogP contribution in [0.5, 0.6) is 0 Å². The van der Waals surface area contributed by atoms with E-state index in [1.54, 1.807) is 13.8 Å². The van der Waals surface area contributed by atoms with Gasteiger partial charge in [-0.3, -0.25) is 0 Å².